The van der Waals surface area contributed by atoms with Gasteiger partial charge in [0, 0.05) is 12.3 Å². The van der Waals surface area contributed by atoms with Crippen LogP contribution in [0.1, 0.15) is 6.92 Å². The van der Waals surface area contributed by atoms with Crippen molar-refractivity contribution >= 4 is 40.1 Å². The predicted octanol–water partition coefficient (Wildman–Crippen LogP) is 3.51. The molecule has 0 aliphatic carbocycles. The number of carbonyl (C=O) groups excluding carboxylic acids is 1. The van der Waals surface area contributed by atoms with Crippen molar-refractivity contribution in [3.63, 3.8) is 0 Å². The maximum absolute atomic E-state index is 10.9. The van der Waals surface area contributed by atoms with E-state index >= 15 is 0 Å². The zero-order valence-corrected chi connectivity index (χ0v) is 10.7. The van der Waals surface area contributed by atoms with Crippen molar-refractivity contribution in [2.75, 3.05) is 5.32 Å². The maximum Gasteiger partial charge on any atom is 0.409 e. The van der Waals surface area contributed by atoms with Crippen LogP contribution in [0.2, 0.25) is 5.02 Å². The number of hydrogen-bond acceptors (Lipinski definition) is 3. The number of hydrogen-bond donors (Lipinski definition) is 2. The first-order valence-electron chi connectivity index (χ1n) is 5.38. The number of rotatable bonds is 2. The van der Waals surface area contributed by atoms with Gasteiger partial charge in [-0.25, -0.2) is 4.79 Å². The number of amides is 1. The number of nitrogens with one attached hydrogen (secondary N) is 1. The smallest absolute Gasteiger partial charge is 0.409 e. The molecular formula is C13H10ClNO4. The molecule has 0 aliphatic rings. The van der Waals surface area contributed by atoms with Crippen LogP contribution < -0.4 is 10.1 Å². The van der Waals surface area contributed by atoms with Crippen LogP contribution in [0.4, 0.5) is 10.5 Å². The van der Waals surface area contributed by atoms with Gasteiger partial charge in [0.2, 0.25) is 0 Å². The van der Waals surface area contributed by atoms with E-state index in [0.29, 0.717) is 21.8 Å². The van der Waals surface area contributed by atoms with Crippen LogP contribution in [-0.2, 0) is 4.79 Å². The molecule has 5 nitrogen and oxygen atoms in total. The van der Waals surface area contributed by atoms with E-state index in [-0.39, 0.29) is 0 Å². The first-order valence-corrected chi connectivity index (χ1v) is 5.76. The van der Waals surface area contributed by atoms with Crippen LogP contribution in [0.15, 0.2) is 30.3 Å². The molecule has 0 saturated carbocycles. The van der Waals surface area contributed by atoms with E-state index in [1.807, 2.05) is 0 Å². The molecule has 0 unspecified atom stereocenters. The number of anilines is 1. The molecule has 19 heavy (non-hydrogen) atoms. The van der Waals surface area contributed by atoms with E-state index in [2.05, 4.69) is 5.32 Å². The molecule has 2 rings (SSSR count). The molecule has 2 aromatic rings. The highest BCUT2D eigenvalue weighted by Crippen LogP contribution is 2.33. The standard InChI is InChI=1S/C13H10ClNO4/c1-7(16)19-9-3-4-10-8(6-9)2-5-11(12(10)14)15-13(17)18/h2-6,15H,1H3,(H,17,18). The Kier molecular flexibility index (Phi) is 3.57. The average molecular weight is 280 g/mol. The van der Waals surface area contributed by atoms with Gasteiger partial charge in [-0.15, -0.1) is 0 Å². The van der Waals surface area contributed by atoms with Crippen molar-refractivity contribution < 1.29 is 19.4 Å². The van der Waals surface area contributed by atoms with E-state index in [0.717, 1.165) is 5.39 Å². The van der Waals surface area contributed by atoms with Gasteiger partial charge >= 0.3 is 12.1 Å². The quantitative estimate of drug-likeness (QED) is 0.651. The van der Waals surface area contributed by atoms with Crippen LogP contribution in [-0.4, -0.2) is 17.2 Å². The Hall–Kier alpha value is -2.27. The molecule has 0 atom stereocenters. The van der Waals surface area contributed by atoms with E-state index in [9.17, 15) is 9.59 Å². The van der Waals surface area contributed by atoms with E-state index in [1.165, 1.54) is 6.92 Å². The molecule has 0 saturated heterocycles. The number of halogens is 1. The summed E-state index contributed by atoms with van der Waals surface area (Å²) in [7, 11) is 0. The summed E-state index contributed by atoms with van der Waals surface area (Å²) < 4.78 is 4.97. The molecule has 0 aliphatic heterocycles. The zero-order valence-electron chi connectivity index (χ0n) is 9.94. The minimum absolute atomic E-state index is 0.300. The Bertz CT molecular complexity index is 669. The topological polar surface area (TPSA) is 75.6 Å². The first-order chi connectivity index (χ1) is 8.97. The number of carboxylic acid groups (broad SMARTS) is 1. The van der Waals surface area contributed by atoms with Crippen molar-refractivity contribution in [1.29, 1.82) is 0 Å². The minimum atomic E-state index is -1.18. The first kappa shape index (κ1) is 13.2. The average Bonchev–Trinajstić information content (AvgIpc) is 2.31. The third-order valence-corrected chi connectivity index (χ3v) is 2.84. The highest BCUT2D eigenvalue weighted by atomic mass is 35.5. The van der Waals surface area contributed by atoms with Crippen molar-refractivity contribution in [3.8, 4) is 5.75 Å². The summed E-state index contributed by atoms with van der Waals surface area (Å²) in [5.74, 6) is 0.00428. The van der Waals surface area contributed by atoms with Crippen LogP contribution in [0.5, 0.6) is 5.75 Å². The third kappa shape index (κ3) is 2.95. The number of benzene rings is 2. The van der Waals surface area contributed by atoms with Crippen LogP contribution in [0.25, 0.3) is 10.8 Å². The Morgan fingerprint density at radius 2 is 2.00 bits per heavy atom. The van der Waals surface area contributed by atoms with Crippen molar-refractivity contribution in [2.24, 2.45) is 0 Å². The lowest BCUT2D eigenvalue weighted by Crippen LogP contribution is -2.07. The second-order valence-electron chi connectivity index (χ2n) is 3.83. The number of esters is 1. The summed E-state index contributed by atoms with van der Waals surface area (Å²) in [6.07, 6.45) is -1.18. The molecule has 1 amide bonds. The molecule has 2 aromatic carbocycles. The van der Waals surface area contributed by atoms with Crippen LogP contribution in [0.3, 0.4) is 0 Å². The van der Waals surface area contributed by atoms with Gasteiger partial charge in [0.05, 0.1) is 10.7 Å². The summed E-state index contributed by atoms with van der Waals surface area (Å²) in [4.78, 5) is 21.5. The normalized spacial score (nSPS) is 10.2. The van der Waals surface area contributed by atoms with E-state index in [4.69, 9.17) is 21.4 Å². The Morgan fingerprint density at radius 3 is 2.63 bits per heavy atom. The molecule has 0 fully saturated rings. The van der Waals surface area contributed by atoms with E-state index < -0.39 is 12.1 Å². The highest BCUT2D eigenvalue weighted by molar-refractivity contribution is 6.38. The second-order valence-corrected chi connectivity index (χ2v) is 4.21. The number of carbonyl (C=O) groups is 2. The lowest BCUT2D eigenvalue weighted by Gasteiger charge is -2.08. The number of ether oxygens (including phenoxy) is 1. The lowest BCUT2D eigenvalue weighted by atomic mass is 10.1. The molecule has 0 bridgehead atoms. The second kappa shape index (κ2) is 5.16. The van der Waals surface area contributed by atoms with Gasteiger partial charge in [0.15, 0.2) is 0 Å². The summed E-state index contributed by atoms with van der Waals surface area (Å²) in [5, 5.41) is 12.6. The van der Waals surface area contributed by atoms with Gasteiger partial charge < -0.3 is 9.84 Å². The van der Waals surface area contributed by atoms with Gasteiger partial charge in [-0.3, -0.25) is 10.1 Å². The molecule has 98 valence electrons. The lowest BCUT2D eigenvalue weighted by molar-refractivity contribution is -0.131. The molecule has 0 aromatic heterocycles. The van der Waals surface area contributed by atoms with Gasteiger partial charge in [0.1, 0.15) is 5.75 Å². The van der Waals surface area contributed by atoms with Crippen LogP contribution >= 0.6 is 11.6 Å². The summed E-state index contributed by atoms with van der Waals surface area (Å²) in [6, 6.07) is 8.17. The van der Waals surface area contributed by atoms with Crippen molar-refractivity contribution in [2.45, 2.75) is 6.92 Å². The maximum atomic E-state index is 10.9. The highest BCUT2D eigenvalue weighted by Gasteiger charge is 2.09. The molecule has 6 heteroatoms. The monoisotopic (exact) mass is 279 g/mol. The molecular weight excluding hydrogens is 270 g/mol. The van der Waals surface area contributed by atoms with Crippen molar-refractivity contribution in [1.82, 2.24) is 0 Å². The zero-order chi connectivity index (χ0) is 14.0. The summed E-state index contributed by atoms with van der Waals surface area (Å²) in [6.45, 7) is 1.32. The van der Waals surface area contributed by atoms with Gasteiger partial charge in [-0.05, 0) is 29.7 Å². The van der Waals surface area contributed by atoms with Gasteiger partial charge in [0.25, 0.3) is 0 Å². The molecule has 0 spiro atoms. The molecule has 2 N–H and O–H groups in total. The third-order valence-electron chi connectivity index (χ3n) is 2.43. The fourth-order valence-electron chi connectivity index (χ4n) is 1.71. The van der Waals surface area contributed by atoms with Gasteiger partial charge in [-0.2, -0.15) is 0 Å². The fraction of sp³-hybridized carbons (Fsp3) is 0.0769. The predicted molar refractivity (Wildman–Crippen MR) is 71.9 cm³/mol. The van der Waals surface area contributed by atoms with Gasteiger partial charge in [-0.1, -0.05) is 17.7 Å². The largest absolute Gasteiger partial charge is 0.465 e. The fourth-order valence-corrected chi connectivity index (χ4v) is 1.99. The Balaban J connectivity index is 2.47. The molecule has 0 radical (unpaired) electrons. The Labute approximate surface area is 113 Å². The van der Waals surface area contributed by atoms with E-state index in [1.54, 1.807) is 30.3 Å². The summed E-state index contributed by atoms with van der Waals surface area (Å²) >= 11 is 6.11. The van der Waals surface area contributed by atoms with Crippen molar-refractivity contribution in [3.05, 3.63) is 35.4 Å². The molecule has 0 heterocycles. The minimum Gasteiger partial charge on any atom is -0.465 e. The Morgan fingerprint density at radius 1 is 1.26 bits per heavy atom. The summed E-state index contributed by atoms with van der Waals surface area (Å²) in [5.41, 5.74) is 0.307. The van der Waals surface area contributed by atoms with Crippen LogP contribution in [0, 0.1) is 0 Å². The SMILES string of the molecule is CC(=O)Oc1ccc2c(Cl)c(NC(=O)O)ccc2c1. The number of fused-ring (bicyclic) bond motifs is 1.